The van der Waals surface area contributed by atoms with E-state index in [1.165, 1.54) is 13.0 Å². The van der Waals surface area contributed by atoms with Crippen molar-refractivity contribution in [3.63, 3.8) is 0 Å². The largest absolute Gasteiger partial charge is 0.395 e. The third-order valence-electron chi connectivity index (χ3n) is 2.75. The van der Waals surface area contributed by atoms with Gasteiger partial charge in [-0.1, -0.05) is 27.7 Å². The number of fused-ring (bicyclic) bond motifs is 1. The molecule has 0 spiro atoms. The molecule has 0 aromatic rings. The van der Waals surface area contributed by atoms with Crippen molar-refractivity contribution >= 4 is 0 Å². The minimum Gasteiger partial charge on any atom is -0.395 e. The number of hydrogen-bond acceptors (Lipinski definition) is 2. The maximum absolute atomic E-state index is 8.89. The number of rotatable bonds is 1. The summed E-state index contributed by atoms with van der Waals surface area (Å²) in [5.41, 5.74) is 0. The number of nitrogens with zero attached hydrogens (tertiary/aromatic N) is 1. The maximum atomic E-state index is 8.89. The van der Waals surface area contributed by atoms with E-state index in [0.29, 0.717) is 12.6 Å². The fourth-order valence-corrected chi connectivity index (χ4v) is 2.06. The molecular formula is C11H25NO. The molecule has 0 aromatic heterocycles. The van der Waals surface area contributed by atoms with Gasteiger partial charge < -0.3 is 10.0 Å². The Morgan fingerprint density at radius 1 is 1.23 bits per heavy atom. The number of hydrogen-bond donors (Lipinski definition) is 1. The van der Waals surface area contributed by atoms with Gasteiger partial charge in [0.15, 0.2) is 0 Å². The minimum atomic E-state index is 0.359. The molecule has 3 unspecified atom stereocenters. The fraction of sp³-hybridized carbons (Fsp3) is 1.00. The zero-order valence-electron chi connectivity index (χ0n) is 9.75. The van der Waals surface area contributed by atoms with Crippen LogP contribution >= 0.6 is 0 Å². The summed E-state index contributed by atoms with van der Waals surface area (Å²) < 4.78 is 0. The molecule has 2 rings (SSSR count). The Kier molecular flexibility index (Phi) is 6.35. The maximum Gasteiger partial charge on any atom is 0.0589 e. The topological polar surface area (TPSA) is 23.5 Å². The highest BCUT2D eigenvalue weighted by Crippen LogP contribution is 2.48. The van der Waals surface area contributed by atoms with Crippen LogP contribution in [0.1, 0.15) is 34.1 Å². The molecule has 13 heavy (non-hydrogen) atoms. The van der Waals surface area contributed by atoms with E-state index < -0.39 is 0 Å². The second kappa shape index (κ2) is 6.39. The van der Waals surface area contributed by atoms with Crippen molar-refractivity contribution in [1.29, 1.82) is 0 Å². The first kappa shape index (κ1) is 12.9. The van der Waals surface area contributed by atoms with Gasteiger partial charge in [0.1, 0.15) is 0 Å². The average Bonchev–Trinajstić information content (AvgIpc) is 2.86. The highest BCUT2D eigenvalue weighted by molar-refractivity contribution is 5.02. The molecule has 0 amide bonds. The Morgan fingerprint density at radius 3 is 2.00 bits per heavy atom. The van der Waals surface area contributed by atoms with Crippen LogP contribution in [0.25, 0.3) is 0 Å². The van der Waals surface area contributed by atoms with E-state index in [9.17, 15) is 0 Å². The Labute approximate surface area is 82.9 Å². The van der Waals surface area contributed by atoms with E-state index in [1.54, 1.807) is 0 Å². The molecule has 1 aliphatic heterocycles. The van der Waals surface area contributed by atoms with Gasteiger partial charge in [-0.3, -0.25) is 0 Å². The number of likely N-dealkylation sites (N-methyl/N-ethyl adjacent to an activating group) is 1. The molecule has 2 fully saturated rings. The van der Waals surface area contributed by atoms with Crippen molar-refractivity contribution < 1.29 is 5.11 Å². The van der Waals surface area contributed by atoms with Gasteiger partial charge in [0.05, 0.1) is 6.61 Å². The normalized spacial score (nSPS) is 35.1. The summed E-state index contributed by atoms with van der Waals surface area (Å²) >= 11 is 0. The predicted octanol–water partition coefficient (Wildman–Crippen LogP) is 1.98. The van der Waals surface area contributed by atoms with Crippen LogP contribution in [0.4, 0.5) is 0 Å². The third-order valence-corrected chi connectivity index (χ3v) is 2.75. The van der Waals surface area contributed by atoms with Crippen LogP contribution in [0.3, 0.4) is 0 Å². The second-order valence-electron chi connectivity index (χ2n) is 3.35. The summed E-state index contributed by atoms with van der Waals surface area (Å²) in [7, 11) is 2.10. The molecule has 80 valence electrons. The van der Waals surface area contributed by atoms with Crippen molar-refractivity contribution in [1.82, 2.24) is 4.90 Å². The van der Waals surface area contributed by atoms with Gasteiger partial charge in [0.25, 0.3) is 0 Å². The molecule has 2 aliphatic rings. The predicted molar refractivity (Wildman–Crippen MR) is 57.8 cm³/mol. The van der Waals surface area contributed by atoms with Gasteiger partial charge in [-0.15, -0.1) is 0 Å². The van der Waals surface area contributed by atoms with Crippen molar-refractivity contribution in [2.75, 3.05) is 20.2 Å². The Balaban J connectivity index is 0.000000322. The molecule has 1 heterocycles. The van der Waals surface area contributed by atoms with Crippen molar-refractivity contribution in [2.45, 2.75) is 40.2 Å². The van der Waals surface area contributed by atoms with E-state index in [1.807, 2.05) is 27.7 Å². The first-order valence-electron chi connectivity index (χ1n) is 5.64. The summed E-state index contributed by atoms with van der Waals surface area (Å²) in [6.45, 7) is 9.58. The van der Waals surface area contributed by atoms with Crippen molar-refractivity contribution in [2.24, 2.45) is 11.8 Å². The lowest BCUT2D eigenvalue weighted by atomic mass is 10.2. The lowest BCUT2D eigenvalue weighted by molar-refractivity contribution is 0.160. The molecule has 1 saturated heterocycles. The lowest BCUT2D eigenvalue weighted by Gasteiger charge is -2.19. The van der Waals surface area contributed by atoms with Gasteiger partial charge >= 0.3 is 0 Å². The average molecular weight is 187 g/mol. The summed E-state index contributed by atoms with van der Waals surface area (Å²) in [4.78, 5) is 2.28. The summed E-state index contributed by atoms with van der Waals surface area (Å²) in [6, 6.07) is 0.495. The third kappa shape index (κ3) is 2.96. The van der Waals surface area contributed by atoms with E-state index >= 15 is 0 Å². The molecule has 0 radical (unpaired) electrons. The minimum absolute atomic E-state index is 0.359. The zero-order valence-corrected chi connectivity index (χ0v) is 9.75. The highest BCUT2D eigenvalue weighted by atomic mass is 16.3. The summed E-state index contributed by atoms with van der Waals surface area (Å²) in [6.07, 6.45) is 1.37. The van der Waals surface area contributed by atoms with Crippen molar-refractivity contribution in [3.05, 3.63) is 0 Å². The SMILES string of the molecule is CC.CC.CN1CC2CC2C1CO. The number of likely N-dealkylation sites (tertiary alicyclic amines) is 1. The van der Waals surface area contributed by atoms with Gasteiger partial charge in [0.2, 0.25) is 0 Å². The van der Waals surface area contributed by atoms with Gasteiger partial charge in [-0.25, -0.2) is 0 Å². The number of piperidine rings is 1. The van der Waals surface area contributed by atoms with Gasteiger partial charge in [-0.05, 0) is 25.3 Å². The van der Waals surface area contributed by atoms with E-state index in [4.69, 9.17) is 5.11 Å². The Morgan fingerprint density at radius 2 is 1.77 bits per heavy atom. The molecule has 2 heteroatoms. The van der Waals surface area contributed by atoms with Crippen LogP contribution in [0.5, 0.6) is 0 Å². The van der Waals surface area contributed by atoms with Gasteiger partial charge in [-0.2, -0.15) is 0 Å². The Bertz CT molecular complexity index is 125. The van der Waals surface area contributed by atoms with Crippen molar-refractivity contribution in [3.8, 4) is 0 Å². The molecule has 3 atom stereocenters. The first-order chi connectivity index (χ1) is 6.33. The smallest absolute Gasteiger partial charge is 0.0589 e. The van der Waals surface area contributed by atoms with Crippen LogP contribution in [-0.2, 0) is 0 Å². The molecule has 0 aromatic carbocycles. The lowest BCUT2D eigenvalue weighted by Crippen LogP contribution is -2.32. The standard InChI is InChI=1S/C7H13NO.2C2H6/c1-8-3-5-2-6(5)7(8)4-9;2*1-2/h5-7,9H,2-4H2,1H3;2*1-2H3. The summed E-state index contributed by atoms with van der Waals surface area (Å²) in [5.74, 6) is 1.78. The zero-order chi connectivity index (χ0) is 10.4. The molecule has 1 saturated carbocycles. The number of aliphatic hydroxyl groups excluding tert-OH is 1. The molecule has 2 nitrogen and oxygen atoms in total. The quantitative estimate of drug-likeness (QED) is 0.678. The van der Waals surface area contributed by atoms with Crippen LogP contribution < -0.4 is 0 Å². The van der Waals surface area contributed by atoms with Crippen LogP contribution in [0.2, 0.25) is 0 Å². The van der Waals surface area contributed by atoms with Crippen LogP contribution in [0, 0.1) is 11.8 Å². The van der Waals surface area contributed by atoms with E-state index in [0.717, 1.165) is 11.8 Å². The fourth-order valence-electron chi connectivity index (χ4n) is 2.06. The molecular weight excluding hydrogens is 162 g/mol. The summed E-state index contributed by atoms with van der Waals surface area (Å²) in [5, 5.41) is 8.89. The monoisotopic (exact) mass is 187 g/mol. The van der Waals surface area contributed by atoms with Crippen LogP contribution in [0.15, 0.2) is 0 Å². The van der Waals surface area contributed by atoms with Gasteiger partial charge in [0, 0.05) is 12.6 Å². The number of aliphatic hydroxyl groups is 1. The highest BCUT2D eigenvalue weighted by Gasteiger charge is 2.50. The Hall–Kier alpha value is -0.0800. The molecule has 0 bridgehead atoms. The molecule has 1 N–H and O–H groups in total. The van der Waals surface area contributed by atoms with E-state index in [-0.39, 0.29) is 0 Å². The van der Waals surface area contributed by atoms with Crippen LogP contribution in [-0.4, -0.2) is 36.2 Å². The van der Waals surface area contributed by atoms with E-state index in [2.05, 4.69) is 11.9 Å². The second-order valence-corrected chi connectivity index (χ2v) is 3.35. The first-order valence-corrected chi connectivity index (χ1v) is 5.64. The molecule has 1 aliphatic carbocycles.